The lowest BCUT2D eigenvalue weighted by Crippen LogP contribution is -2.47. The van der Waals surface area contributed by atoms with Crippen molar-refractivity contribution in [3.05, 3.63) is 59.7 Å². The molecule has 0 bridgehead atoms. The van der Waals surface area contributed by atoms with Crippen molar-refractivity contribution in [1.82, 2.24) is 9.80 Å². The minimum absolute atomic E-state index is 0.0882. The van der Waals surface area contributed by atoms with Gasteiger partial charge >= 0.3 is 0 Å². The molecule has 0 spiro atoms. The first-order valence-electron chi connectivity index (χ1n) is 10.6. The number of likely N-dealkylation sites (tertiary alicyclic amines) is 1. The zero-order valence-electron chi connectivity index (χ0n) is 17.8. The van der Waals surface area contributed by atoms with Crippen molar-refractivity contribution in [1.29, 1.82) is 0 Å². The fourth-order valence-electron chi connectivity index (χ4n) is 4.60. The summed E-state index contributed by atoms with van der Waals surface area (Å²) in [6.45, 7) is 3.34. The summed E-state index contributed by atoms with van der Waals surface area (Å²) in [7, 11) is 3.37. The fourth-order valence-corrected chi connectivity index (χ4v) is 4.60. The van der Waals surface area contributed by atoms with Crippen molar-refractivity contribution in [2.24, 2.45) is 0 Å². The van der Waals surface area contributed by atoms with E-state index in [-0.39, 0.29) is 18.0 Å². The van der Waals surface area contributed by atoms with E-state index in [0.29, 0.717) is 26.3 Å². The number of methoxy groups -OCH3 is 2. The number of carbonyl (C=O) groups excluding carboxylic acids is 1. The number of hydrogen-bond acceptors (Lipinski definition) is 5. The first kappa shape index (κ1) is 20.7. The molecule has 0 unspecified atom stereocenters. The summed E-state index contributed by atoms with van der Waals surface area (Å²) in [5, 5.41) is 0. The summed E-state index contributed by atoms with van der Waals surface area (Å²) in [6, 6.07) is 15.8. The Labute approximate surface area is 178 Å². The van der Waals surface area contributed by atoms with Crippen LogP contribution < -0.4 is 9.47 Å². The van der Waals surface area contributed by atoms with Crippen LogP contribution in [-0.4, -0.2) is 62.8 Å². The van der Waals surface area contributed by atoms with Crippen LogP contribution in [0.25, 0.3) is 0 Å². The van der Waals surface area contributed by atoms with Crippen molar-refractivity contribution in [2.45, 2.75) is 24.9 Å². The zero-order chi connectivity index (χ0) is 20.9. The minimum atomic E-state index is -0.326. The number of rotatable bonds is 6. The Morgan fingerprint density at radius 2 is 1.80 bits per heavy atom. The van der Waals surface area contributed by atoms with E-state index in [1.54, 1.807) is 14.2 Å². The first-order chi connectivity index (χ1) is 14.7. The second-order valence-corrected chi connectivity index (χ2v) is 7.75. The molecule has 2 aromatic rings. The van der Waals surface area contributed by atoms with Crippen LogP contribution >= 0.6 is 0 Å². The molecule has 0 saturated carbocycles. The molecule has 2 aliphatic heterocycles. The summed E-state index contributed by atoms with van der Waals surface area (Å²) in [5.74, 6) is 1.78. The van der Waals surface area contributed by atoms with Gasteiger partial charge < -0.3 is 19.1 Å². The van der Waals surface area contributed by atoms with Gasteiger partial charge in [-0.1, -0.05) is 30.3 Å². The van der Waals surface area contributed by atoms with Gasteiger partial charge in [-0.05, 0) is 43.1 Å². The molecule has 6 heteroatoms. The lowest BCUT2D eigenvalue weighted by Gasteiger charge is -2.37. The highest BCUT2D eigenvalue weighted by molar-refractivity contribution is 5.83. The third-order valence-corrected chi connectivity index (χ3v) is 6.09. The molecular weight excluding hydrogens is 380 g/mol. The lowest BCUT2D eigenvalue weighted by molar-refractivity contribution is -0.142. The highest BCUT2D eigenvalue weighted by Gasteiger charge is 2.39. The van der Waals surface area contributed by atoms with E-state index in [1.807, 2.05) is 41.3 Å². The highest BCUT2D eigenvalue weighted by Crippen LogP contribution is 2.43. The number of carbonyl (C=O) groups is 1. The Balaban J connectivity index is 1.72. The predicted octanol–water partition coefficient (Wildman–Crippen LogP) is 3.44. The molecular formula is C24H30N2O4. The van der Waals surface area contributed by atoms with E-state index in [0.717, 1.165) is 42.0 Å². The number of benzene rings is 2. The molecule has 4 rings (SSSR count). The van der Waals surface area contributed by atoms with Gasteiger partial charge in [0.2, 0.25) is 5.91 Å². The summed E-state index contributed by atoms with van der Waals surface area (Å²) in [6.07, 6.45) is 2.01. The third kappa shape index (κ3) is 4.16. The Hall–Kier alpha value is -2.57. The SMILES string of the molecule is COc1ccc(OC)c([C@H]2CCCN2[C@@H](C(=O)N2CCOCC2)c2ccccc2)c1. The van der Waals surface area contributed by atoms with Gasteiger partial charge in [0.1, 0.15) is 17.5 Å². The van der Waals surface area contributed by atoms with Crippen molar-refractivity contribution >= 4 is 5.91 Å². The van der Waals surface area contributed by atoms with Crippen LogP contribution in [-0.2, 0) is 9.53 Å². The smallest absolute Gasteiger partial charge is 0.244 e. The monoisotopic (exact) mass is 410 g/mol. The fraction of sp³-hybridized carbons (Fsp3) is 0.458. The zero-order valence-corrected chi connectivity index (χ0v) is 17.8. The summed E-state index contributed by atoms with van der Waals surface area (Å²) < 4.78 is 16.6. The molecule has 1 amide bonds. The van der Waals surface area contributed by atoms with Gasteiger partial charge in [-0.2, -0.15) is 0 Å². The Bertz CT molecular complexity index is 852. The maximum atomic E-state index is 13.7. The molecule has 2 fully saturated rings. The van der Waals surface area contributed by atoms with Gasteiger partial charge in [-0.3, -0.25) is 9.69 Å². The van der Waals surface area contributed by atoms with E-state index in [9.17, 15) is 4.79 Å². The quantitative estimate of drug-likeness (QED) is 0.730. The standard InChI is InChI=1S/C24H30N2O4/c1-28-19-10-11-22(29-2)20(17-19)21-9-6-12-26(21)23(18-7-4-3-5-8-18)24(27)25-13-15-30-16-14-25/h3-5,7-8,10-11,17,21,23H,6,9,12-16H2,1-2H3/t21-,23-/m1/s1. The second kappa shape index (κ2) is 9.49. The first-order valence-corrected chi connectivity index (χ1v) is 10.6. The van der Waals surface area contributed by atoms with Crippen LogP contribution in [0.1, 0.15) is 36.1 Å². The maximum Gasteiger partial charge on any atom is 0.244 e. The average molecular weight is 411 g/mol. The molecule has 0 N–H and O–H groups in total. The number of ether oxygens (including phenoxy) is 3. The van der Waals surface area contributed by atoms with Gasteiger partial charge in [0.15, 0.2) is 0 Å². The number of nitrogens with zero attached hydrogens (tertiary/aromatic N) is 2. The molecule has 2 atom stereocenters. The van der Waals surface area contributed by atoms with Gasteiger partial charge in [-0.15, -0.1) is 0 Å². The molecule has 0 aromatic heterocycles. The Morgan fingerprint density at radius 3 is 2.50 bits per heavy atom. The van der Waals surface area contributed by atoms with Gasteiger partial charge in [0.25, 0.3) is 0 Å². The largest absolute Gasteiger partial charge is 0.497 e. The predicted molar refractivity (Wildman–Crippen MR) is 115 cm³/mol. The Kier molecular flexibility index (Phi) is 6.55. The number of hydrogen-bond donors (Lipinski definition) is 0. The van der Waals surface area contributed by atoms with Crippen LogP contribution in [0.4, 0.5) is 0 Å². The normalized spacial score (nSPS) is 20.7. The molecule has 6 nitrogen and oxygen atoms in total. The van der Waals surface area contributed by atoms with E-state index in [4.69, 9.17) is 14.2 Å². The number of amides is 1. The molecule has 160 valence electrons. The molecule has 0 aliphatic carbocycles. The second-order valence-electron chi connectivity index (χ2n) is 7.75. The molecule has 2 aliphatic rings. The molecule has 0 radical (unpaired) electrons. The van der Waals surface area contributed by atoms with E-state index >= 15 is 0 Å². The van der Waals surface area contributed by atoms with Crippen LogP contribution in [0.15, 0.2) is 48.5 Å². The van der Waals surface area contributed by atoms with Crippen molar-refractivity contribution in [2.75, 3.05) is 47.1 Å². The van der Waals surface area contributed by atoms with Crippen molar-refractivity contribution in [3.8, 4) is 11.5 Å². The van der Waals surface area contributed by atoms with Gasteiger partial charge in [0.05, 0.1) is 27.4 Å². The molecule has 30 heavy (non-hydrogen) atoms. The minimum Gasteiger partial charge on any atom is -0.497 e. The molecule has 2 heterocycles. The lowest BCUT2D eigenvalue weighted by atomic mass is 9.98. The highest BCUT2D eigenvalue weighted by atomic mass is 16.5. The van der Waals surface area contributed by atoms with Crippen LogP contribution in [0.5, 0.6) is 11.5 Å². The van der Waals surface area contributed by atoms with Crippen molar-refractivity contribution < 1.29 is 19.0 Å². The van der Waals surface area contributed by atoms with Crippen LogP contribution in [0.2, 0.25) is 0 Å². The molecule has 2 saturated heterocycles. The summed E-state index contributed by atoms with van der Waals surface area (Å²) in [4.78, 5) is 18.0. The maximum absolute atomic E-state index is 13.7. The van der Waals surface area contributed by atoms with Gasteiger partial charge in [0, 0.05) is 24.7 Å². The molecule has 2 aromatic carbocycles. The Morgan fingerprint density at radius 1 is 1.03 bits per heavy atom. The third-order valence-electron chi connectivity index (χ3n) is 6.09. The summed E-state index contributed by atoms with van der Waals surface area (Å²) >= 11 is 0. The van der Waals surface area contributed by atoms with E-state index in [1.165, 1.54) is 0 Å². The average Bonchev–Trinajstić information content (AvgIpc) is 3.29. The summed E-state index contributed by atoms with van der Waals surface area (Å²) in [5.41, 5.74) is 2.10. The topological polar surface area (TPSA) is 51.2 Å². The van der Waals surface area contributed by atoms with Crippen molar-refractivity contribution in [3.63, 3.8) is 0 Å². The number of morpholine rings is 1. The van der Waals surface area contributed by atoms with Crippen LogP contribution in [0, 0.1) is 0 Å². The van der Waals surface area contributed by atoms with E-state index in [2.05, 4.69) is 17.0 Å². The van der Waals surface area contributed by atoms with E-state index < -0.39 is 0 Å². The van der Waals surface area contributed by atoms with Gasteiger partial charge in [-0.25, -0.2) is 0 Å². The van der Waals surface area contributed by atoms with Crippen LogP contribution in [0.3, 0.4) is 0 Å².